The zero-order valence-corrected chi connectivity index (χ0v) is 14.6. The first kappa shape index (κ1) is 17.4. The van der Waals surface area contributed by atoms with E-state index in [2.05, 4.69) is 16.2 Å². The minimum absolute atomic E-state index is 0.283. The zero-order chi connectivity index (χ0) is 18.2. The van der Waals surface area contributed by atoms with Gasteiger partial charge in [0, 0.05) is 5.69 Å². The Kier molecular flexibility index (Phi) is 5.80. The van der Waals surface area contributed by atoms with E-state index in [-0.39, 0.29) is 11.0 Å². The highest BCUT2D eigenvalue weighted by Gasteiger charge is 2.13. The molecule has 130 valence electrons. The summed E-state index contributed by atoms with van der Waals surface area (Å²) in [5.41, 5.74) is 6.48. The number of carbonyl (C=O) groups is 1. The lowest BCUT2D eigenvalue weighted by Gasteiger charge is -2.14. The van der Waals surface area contributed by atoms with Crippen molar-refractivity contribution < 1.29 is 9.53 Å². The van der Waals surface area contributed by atoms with E-state index in [0.29, 0.717) is 17.1 Å². The minimum atomic E-state index is -0.353. The summed E-state index contributed by atoms with van der Waals surface area (Å²) in [6.45, 7) is 0. The lowest BCUT2D eigenvalue weighted by atomic mass is 10.2. The third kappa shape index (κ3) is 4.81. The molecule has 0 radical (unpaired) electrons. The van der Waals surface area contributed by atoms with Crippen molar-refractivity contribution in [1.82, 2.24) is 10.9 Å². The van der Waals surface area contributed by atoms with Crippen LogP contribution in [0.2, 0.25) is 0 Å². The molecule has 6 heteroatoms. The SMILES string of the molecule is O=C(NNC(=S)Nc1ccccc1)c1ccccc1Oc1ccccc1. The second kappa shape index (κ2) is 8.64. The van der Waals surface area contributed by atoms with Gasteiger partial charge in [-0.25, -0.2) is 0 Å². The molecule has 0 aliphatic carbocycles. The molecule has 3 N–H and O–H groups in total. The summed E-state index contributed by atoms with van der Waals surface area (Å²) >= 11 is 5.17. The summed E-state index contributed by atoms with van der Waals surface area (Å²) in [6, 6.07) is 25.7. The molecule has 0 heterocycles. The number of hydrogen-bond acceptors (Lipinski definition) is 3. The van der Waals surface area contributed by atoms with Gasteiger partial charge in [0.05, 0.1) is 5.56 Å². The predicted molar refractivity (Wildman–Crippen MR) is 106 cm³/mol. The van der Waals surface area contributed by atoms with Gasteiger partial charge in [-0.3, -0.25) is 15.6 Å². The molecule has 0 spiro atoms. The predicted octanol–water partition coefficient (Wildman–Crippen LogP) is 4.11. The van der Waals surface area contributed by atoms with Crippen LogP contribution in [0.15, 0.2) is 84.9 Å². The molecule has 0 atom stereocenters. The Morgan fingerprint density at radius 2 is 1.38 bits per heavy atom. The smallest absolute Gasteiger partial charge is 0.273 e. The van der Waals surface area contributed by atoms with Gasteiger partial charge in [-0.2, -0.15) is 0 Å². The molecule has 26 heavy (non-hydrogen) atoms. The fraction of sp³-hybridized carbons (Fsp3) is 0. The normalized spacial score (nSPS) is 9.85. The molecule has 0 saturated carbocycles. The van der Waals surface area contributed by atoms with E-state index in [4.69, 9.17) is 17.0 Å². The van der Waals surface area contributed by atoms with Crippen molar-refractivity contribution in [2.24, 2.45) is 0 Å². The summed E-state index contributed by atoms with van der Waals surface area (Å²) in [7, 11) is 0. The number of anilines is 1. The number of ether oxygens (including phenoxy) is 1. The molecule has 0 unspecified atom stereocenters. The van der Waals surface area contributed by atoms with Crippen LogP contribution in [0.4, 0.5) is 5.69 Å². The lowest BCUT2D eigenvalue weighted by Crippen LogP contribution is -2.43. The Bertz CT molecular complexity index is 886. The minimum Gasteiger partial charge on any atom is -0.457 e. The number of para-hydroxylation sites is 3. The van der Waals surface area contributed by atoms with E-state index < -0.39 is 0 Å². The molecular formula is C20H17N3O2S. The van der Waals surface area contributed by atoms with Crippen LogP contribution in [0.3, 0.4) is 0 Å². The highest BCUT2D eigenvalue weighted by Crippen LogP contribution is 2.24. The standard InChI is InChI=1S/C20H17N3O2S/c24-19(22-23-20(26)21-15-9-3-1-4-10-15)17-13-7-8-14-18(17)25-16-11-5-2-6-12-16/h1-14H,(H,22,24)(H2,21,23,26). The third-order valence-electron chi connectivity index (χ3n) is 3.42. The van der Waals surface area contributed by atoms with Crippen molar-refractivity contribution in [2.45, 2.75) is 0 Å². The fourth-order valence-electron chi connectivity index (χ4n) is 2.22. The molecule has 0 bridgehead atoms. The number of hydrogen-bond donors (Lipinski definition) is 3. The van der Waals surface area contributed by atoms with Gasteiger partial charge in [-0.15, -0.1) is 0 Å². The molecule has 5 nitrogen and oxygen atoms in total. The van der Waals surface area contributed by atoms with Crippen LogP contribution in [0.25, 0.3) is 0 Å². The summed E-state index contributed by atoms with van der Waals surface area (Å²) in [5, 5.41) is 3.26. The Morgan fingerprint density at radius 1 is 0.769 bits per heavy atom. The molecule has 0 aliphatic rings. The maximum absolute atomic E-state index is 12.5. The average molecular weight is 363 g/mol. The molecule has 0 fully saturated rings. The molecule has 0 aromatic heterocycles. The van der Waals surface area contributed by atoms with Crippen molar-refractivity contribution in [3.05, 3.63) is 90.5 Å². The van der Waals surface area contributed by atoms with Crippen LogP contribution < -0.4 is 20.9 Å². The Morgan fingerprint density at radius 3 is 2.12 bits per heavy atom. The number of hydrazine groups is 1. The Balaban J connectivity index is 1.62. The Labute approximate surface area is 157 Å². The highest BCUT2D eigenvalue weighted by molar-refractivity contribution is 7.80. The maximum atomic E-state index is 12.5. The van der Waals surface area contributed by atoms with Crippen LogP contribution in [0, 0.1) is 0 Å². The third-order valence-corrected chi connectivity index (χ3v) is 3.63. The second-order valence-electron chi connectivity index (χ2n) is 5.31. The first-order valence-corrected chi connectivity index (χ1v) is 8.37. The van der Waals surface area contributed by atoms with Gasteiger partial charge in [-0.05, 0) is 48.6 Å². The zero-order valence-electron chi connectivity index (χ0n) is 13.8. The van der Waals surface area contributed by atoms with Crippen molar-refractivity contribution in [3.8, 4) is 11.5 Å². The molecule has 3 aromatic carbocycles. The summed E-state index contributed by atoms with van der Waals surface area (Å²) in [4.78, 5) is 12.5. The average Bonchev–Trinajstić information content (AvgIpc) is 2.68. The number of nitrogens with one attached hydrogen (secondary N) is 3. The van der Waals surface area contributed by atoms with Gasteiger partial charge >= 0.3 is 0 Å². The second-order valence-corrected chi connectivity index (χ2v) is 5.72. The number of carbonyl (C=O) groups excluding carboxylic acids is 1. The van der Waals surface area contributed by atoms with Crippen LogP contribution in [-0.2, 0) is 0 Å². The summed E-state index contributed by atoms with van der Waals surface area (Å²) in [6.07, 6.45) is 0. The first-order valence-electron chi connectivity index (χ1n) is 7.97. The molecule has 0 aliphatic heterocycles. The van der Waals surface area contributed by atoms with Gasteiger partial charge < -0.3 is 10.1 Å². The van der Waals surface area contributed by atoms with Crippen molar-refractivity contribution in [3.63, 3.8) is 0 Å². The molecule has 1 amide bonds. The molecule has 3 aromatic rings. The number of thiocarbonyl (C=S) groups is 1. The molecular weight excluding hydrogens is 346 g/mol. The largest absolute Gasteiger partial charge is 0.457 e. The van der Waals surface area contributed by atoms with Gasteiger partial charge in [0.2, 0.25) is 0 Å². The number of benzene rings is 3. The Hall–Kier alpha value is -3.38. The van der Waals surface area contributed by atoms with Gasteiger partial charge in [0.25, 0.3) is 5.91 Å². The van der Waals surface area contributed by atoms with Crippen molar-refractivity contribution >= 4 is 28.9 Å². The monoisotopic (exact) mass is 363 g/mol. The van der Waals surface area contributed by atoms with Crippen LogP contribution >= 0.6 is 12.2 Å². The van der Waals surface area contributed by atoms with Crippen molar-refractivity contribution in [1.29, 1.82) is 0 Å². The van der Waals surface area contributed by atoms with E-state index in [1.165, 1.54) is 0 Å². The van der Waals surface area contributed by atoms with E-state index in [9.17, 15) is 4.79 Å². The van der Waals surface area contributed by atoms with Gasteiger partial charge in [0.1, 0.15) is 11.5 Å². The topological polar surface area (TPSA) is 62.4 Å². The highest BCUT2D eigenvalue weighted by atomic mass is 32.1. The van der Waals surface area contributed by atoms with E-state index in [1.807, 2.05) is 66.7 Å². The van der Waals surface area contributed by atoms with Gasteiger partial charge in [0.15, 0.2) is 5.11 Å². The molecule has 0 saturated heterocycles. The maximum Gasteiger partial charge on any atom is 0.273 e. The van der Waals surface area contributed by atoms with Crippen LogP contribution in [0.1, 0.15) is 10.4 Å². The van der Waals surface area contributed by atoms with E-state index in [0.717, 1.165) is 5.69 Å². The van der Waals surface area contributed by atoms with Crippen LogP contribution in [-0.4, -0.2) is 11.0 Å². The van der Waals surface area contributed by atoms with Gasteiger partial charge in [-0.1, -0.05) is 48.5 Å². The molecule has 3 rings (SSSR count). The quantitative estimate of drug-likeness (QED) is 0.481. The summed E-state index contributed by atoms with van der Waals surface area (Å²) < 4.78 is 5.80. The van der Waals surface area contributed by atoms with E-state index in [1.54, 1.807) is 18.2 Å². The fourth-order valence-corrected chi connectivity index (χ4v) is 2.39. The first-order chi connectivity index (χ1) is 12.7. The summed E-state index contributed by atoms with van der Waals surface area (Å²) in [5.74, 6) is 0.760. The van der Waals surface area contributed by atoms with Crippen molar-refractivity contribution in [2.75, 3.05) is 5.32 Å². The number of amides is 1. The van der Waals surface area contributed by atoms with E-state index >= 15 is 0 Å². The number of rotatable bonds is 4. The van der Waals surface area contributed by atoms with Crippen LogP contribution in [0.5, 0.6) is 11.5 Å². The lowest BCUT2D eigenvalue weighted by molar-refractivity contribution is 0.0942.